The SMILES string of the molecule is O=C1N(c2c(F)c(F)c(F)c(F)c2F)C(=O)[C@@]2(Cl)[C@@H](C3=COc4ccc(O)cc4C3)C3=CCn4c(=O)n(-c5ccccc5)c(=O)n4[C@@H]3C[C@@]12Cl. The summed E-state index contributed by atoms with van der Waals surface area (Å²) in [5.41, 5.74) is -2.58. The van der Waals surface area contributed by atoms with Gasteiger partial charge < -0.3 is 9.84 Å². The number of aromatic hydroxyl groups is 1. The van der Waals surface area contributed by atoms with E-state index in [0.717, 1.165) is 13.9 Å². The minimum atomic E-state index is -2.72. The topological polar surface area (TPSA) is 116 Å². The van der Waals surface area contributed by atoms with Crippen LogP contribution in [0.1, 0.15) is 18.0 Å². The van der Waals surface area contributed by atoms with E-state index in [-0.39, 0.29) is 40.4 Å². The van der Waals surface area contributed by atoms with E-state index in [0.29, 0.717) is 11.3 Å². The number of hydrogen-bond donors (Lipinski definition) is 1. The number of alkyl halides is 2. The van der Waals surface area contributed by atoms with Crippen molar-refractivity contribution < 1.29 is 41.4 Å². The number of aromatic nitrogens is 3. The number of benzene rings is 3. The zero-order valence-electron chi connectivity index (χ0n) is 25.0. The highest BCUT2D eigenvalue weighted by Gasteiger charge is 2.76. The molecular weight excluding hydrogens is 714 g/mol. The molecule has 10 nitrogen and oxygen atoms in total. The second kappa shape index (κ2) is 10.7. The van der Waals surface area contributed by atoms with Gasteiger partial charge in [-0.15, -0.1) is 23.2 Å². The zero-order valence-corrected chi connectivity index (χ0v) is 26.5. The third-order valence-corrected chi connectivity index (χ3v) is 11.1. The second-order valence-corrected chi connectivity index (χ2v) is 13.4. The van der Waals surface area contributed by atoms with Crippen LogP contribution in [0.5, 0.6) is 11.5 Å². The first-order chi connectivity index (χ1) is 23.7. The molecule has 2 amide bonds. The monoisotopic (exact) mass is 732 g/mol. The fourth-order valence-corrected chi connectivity index (χ4v) is 8.37. The van der Waals surface area contributed by atoms with Crippen LogP contribution in [-0.4, -0.2) is 40.6 Å². The van der Waals surface area contributed by atoms with Crippen molar-refractivity contribution in [3.8, 4) is 17.2 Å². The number of allylic oxidation sites excluding steroid dienone is 3. The Hall–Kier alpha value is -5.15. The van der Waals surface area contributed by atoms with Crippen molar-refractivity contribution in [2.75, 3.05) is 4.90 Å². The molecule has 1 aromatic heterocycles. The van der Waals surface area contributed by atoms with Gasteiger partial charge in [0.25, 0.3) is 11.8 Å². The molecular formula is C33H19Cl2F5N4O6. The fraction of sp³-hybridized carbons (Fsp3) is 0.212. The minimum Gasteiger partial charge on any atom is -0.508 e. The van der Waals surface area contributed by atoms with Gasteiger partial charge in [0, 0.05) is 24.3 Å². The first kappa shape index (κ1) is 32.1. The second-order valence-electron chi connectivity index (χ2n) is 12.2. The molecule has 17 heteroatoms. The lowest BCUT2D eigenvalue weighted by Gasteiger charge is -2.49. The van der Waals surface area contributed by atoms with E-state index in [1.165, 1.54) is 42.7 Å². The van der Waals surface area contributed by atoms with Crippen molar-refractivity contribution in [3.63, 3.8) is 0 Å². The van der Waals surface area contributed by atoms with E-state index in [1.807, 2.05) is 0 Å². The Bertz CT molecular complexity index is 2380. The van der Waals surface area contributed by atoms with Crippen LogP contribution in [0.2, 0.25) is 0 Å². The van der Waals surface area contributed by atoms with E-state index in [2.05, 4.69) is 0 Å². The third-order valence-electron chi connectivity index (χ3n) is 9.65. The normalized spacial score (nSPS) is 25.3. The molecule has 4 aliphatic rings. The van der Waals surface area contributed by atoms with E-state index in [4.69, 9.17) is 27.9 Å². The Morgan fingerprint density at radius 1 is 0.840 bits per heavy atom. The van der Waals surface area contributed by atoms with Crippen molar-refractivity contribution in [1.82, 2.24) is 13.9 Å². The summed E-state index contributed by atoms with van der Waals surface area (Å²) in [5, 5.41) is 10.2. The van der Waals surface area contributed by atoms with E-state index >= 15 is 8.78 Å². The van der Waals surface area contributed by atoms with Gasteiger partial charge in [-0.3, -0.25) is 9.59 Å². The molecule has 4 atom stereocenters. The van der Waals surface area contributed by atoms with Crippen LogP contribution >= 0.6 is 23.2 Å². The van der Waals surface area contributed by atoms with Gasteiger partial charge in [0.15, 0.2) is 33.0 Å². The lowest BCUT2D eigenvalue weighted by molar-refractivity contribution is -0.122. The molecule has 0 spiro atoms. The predicted molar refractivity (Wildman–Crippen MR) is 166 cm³/mol. The summed E-state index contributed by atoms with van der Waals surface area (Å²) in [6.45, 7) is -0.243. The van der Waals surface area contributed by atoms with Crippen molar-refractivity contribution in [2.45, 2.75) is 35.2 Å². The fourth-order valence-electron chi connectivity index (χ4n) is 7.44. The number of phenolic OH excluding ortho intramolecular Hbond substituents is 1. The number of fused-ring (bicyclic) bond motifs is 5. The van der Waals surface area contributed by atoms with Crippen LogP contribution < -0.4 is 21.0 Å². The van der Waals surface area contributed by atoms with Gasteiger partial charge in [0.1, 0.15) is 17.2 Å². The van der Waals surface area contributed by atoms with Gasteiger partial charge in [0.05, 0.1) is 24.5 Å². The average molecular weight is 733 g/mol. The highest BCUT2D eigenvalue weighted by Crippen LogP contribution is 2.63. The number of hydrogen-bond acceptors (Lipinski definition) is 6. The summed E-state index contributed by atoms with van der Waals surface area (Å²) in [6.07, 6.45) is 1.86. The van der Waals surface area contributed by atoms with E-state index in [9.17, 15) is 37.5 Å². The number of nitrogens with zero attached hydrogens (tertiary/aromatic N) is 4. The molecule has 1 saturated carbocycles. The van der Waals surface area contributed by atoms with Gasteiger partial charge in [0.2, 0.25) is 5.82 Å². The number of ether oxygens (including phenoxy) is 1. The predicted octanol–water partition coefficient (Wildman–Crippen LogP) is 4.75. The number of amides is 2. The Balaban J connectivity index is 1.36. The molecule has 3 aliphatic heterocycles. The quantitative estimate of drug-likeness (QED) is 0.0813. The maximum Gasteiger partial charge on any atom is 0.352 e. The first-order valence-electron chi connectivity index (χ1n) is 14.9. The average Bonchev–Trinajstić information content (AvgIpc) is 3.44. The lowest BCUT2D eigenvalue weighted by Crippen LogP contribution is -2.61. The summed E-state index contributed by atoms with van der Waals surface area (Å²) in [5.74, 6) is -16.9. The van der Waals surface area contributed by atoms with Crippen molar-refractivity contribution in [1.29, 1.82) is 0 Å². The number of rotatable bonds is 3. The zero-order chi connectivity index (χ0) is 35.6. The molecule has 50 heavy (non-hydrogen) atoms. The minimum absolute atomic E-state index is 0.101. The van der Waals surface area contributed by atoms with E-state index in [1.54, 1.807) is 18.2 Å². The summed E-state index contributed by atoms with van der Waals surface area (Å²) in [6, 6.07) is 10.8. The van der Waals surface area contributed by atoms with Gasteiger partial charge in [-0.05, 0) is 41.5 Å². The number of imide groups is 1. The molecule has 0 unspecified atom stereocenters. The van der Waals surface area contributed by atoms with Crippen LogP contribution in [0.25, 0.3) is 5.69 Å². The summed E-state index contributed by atoms with van der Waals surface area (Å²) < 4.78 is 82.1. The smallest absolute Gasteiger partial charge is 0.352 e. The number of anilines is 1. The highest BCUT2D eigenvalue weighted by atomic mass is 35.5. The van der Waals surface area contributed by atoms with Crippen LogP contribution in [0.4, 0.5) is 27.6 Å². The van der Waals surface area contributed by atoms with Crippen molar-refractivity contribution in [3.05, 3.63) is 128 Å². The molecule has 1 aliphatic carbocycles. The van der Waals surface area contributed by atoms with E-state index < -0.39 is 86.1 Å². The number of carbonyl (C=O) groups excluding carboxylic acids is 2. The van der Waals surface area contributed by atoms with Gasteiger partial charge in [-0.2, -0.15) is 0 Å². The number of para-hydroxylation sites is 1. The molecule has 8 rings (SSSR count). The molecule has 0 bridgehead atoms. The van der Waals surface area contributed by atoms with Gasteiger partial charge in [-0.1, -0.05) is 24.3 Å². The van der Waals surface area contributed by atoms with Crippen molar-refractivity contribution >= 4 is 40.7 Å². The summed E-state index contributed by atoms with van der Waals surface area (Å²) in [4.78, 5) is 50.6. The Morgan fingerprint density at radius 3 is 2.18 bits per heavy atom. The number of carbonyl (C=O) groups is 2. The lowest BCUT2D eigenvalue weighted by atomic mass is 9.63. The third kappa shape index (κ3) is 3.95. The largest absolute Gasteiger partial charge is 0.508 e. The maximum atomic E-state index is 15.2. The molecule has 0 radical (unpaired) electrons. The Kier molecular flexibility index (Phi) is 6.85. The molecule has 3 aromatic carbocycles. The first-order valence-corrected chi connectivity index (χ1v) is 15.6. The van der Waals surface area contributed by atoms with Crippen LogP contribution in [0.15, 0.2) is 81.6 Å². The Labute approximate surface area is 286 Å². The van der Waals surface area contributed by atoms with Crippen LogP contribution in [-0.2, 0) is 22.6 Å². The van der Waals surface area contributed by atoms with Gasteiger partial charge >= 0.3 is 11.4 Å². The highest BCUT2D eigenvalue weighted by molar-refractivity contribution is 6.58. The Morgan fingerprint density at radius 2 is 1.50 bits per heavy atom. The van der Waals surface area contributed by atoms with Gasteiger partial charge in [-0.25, -0.2) is 50.4 Å². The molecule has 1 saturated heterocycles. The molecule has 4 aromatic rings. The van der Waals surface area contributed by atoms with Crippen LogP contribution in [0, 0.1) is 35.0 Å². The van der Waals surface area contributed by atoms with Crippen LogP contribution in [0.3, 0.4) is 0 Å². The standard InChI is InChI=1S/C33H19Cl2F5N4O6/c34-32-12-19-18(8-9-41-30(48)42(31(49)44(19)41)16-4-2-1-3-5-16)21(15-10-14-11-17(45)6-7-20(14)50-13-15)33(32,35)29(47)43(28(32)46)27-25(39)23(37)22(36)24(38)26(27)40/h1-8,11,13,19,21,45H,9-10,12H2/t19-,21+,32-,33+/m1/s1. The summed E-state index contributed by atoms with van der Waals surface area (Å²) in [7, 11) is 0. The number of halogens is 7. The molecule has 2 fully saturated rings. The number of phenols is 1. The van der Waals surface area contributed by atoms with Crippen molar-refractivity contribution in [2.24, 2.45) is 5.92 Å². The molecule has 256 valence electrons. The molecule has 4 heterocycles. The summed E-state index contributed by atoms with van der Waals surface area (Å²) >= 11 is 14.3. The maximum absolute atomic E-state index is 15.2. The molecule has 1 N–H and O–H groups in total.